The fraction of sp³-hybridized carbons (Fsp3) is 0.350. The molecule has 0 unspecified atom stereocenters. The molecule has 1 saturated heterocycles. The molecule has 1 aromatic heterocycles. The summed E-state index contributed by atoms with van der Waals surface area (Å²) in [6, 6.07) is 7.20. The van der Waals surface area contributed by atoms with Gasteiger partial charge in [-0.25, -0.2) is 4.79 Å². The average Bonchev–Trinajstić information content (AvgIpc) is 2.78. The number of hydrogen-bond acceptors (Lipinski definition) is 6. The molecule has 2 aromatic rings. The molecule has 0 spiro atoms. The van der Waals surface area contributed by atoms with Gasteiger partial charge in [0.2, 0.25) is 0 Å². The second kappa shape index (κ2) is 10.1. The summed E-state index contributed by atoms with van der Waals surface area (Å²) >= 11 is 0. The lowest BCUT2D eigenvalue weighted by atomic mass is 10.1. The predicted molar refractivity (Wildman–Crippen MR) is 111 cm³/mol. The van der Waals surface area contributed by atoms with E-state index in [1.807, 2.05) is 4.90 Å². The molecule has 0 bridgehead atoms. The Balaban J connectivity index is 1.54. The molecular formula is C20H21F3N6O4. The van der Waals surface area contributed by atoms with E-state index in [4.69, 9.17) is 5.11 Å². The van der Waals surface area contributed by atoms with Gasteiger partial charge in [0.05, 0.1) is 17.5 Å². The zero-order valence-electron chi connectivity index (χ0n) is 17.3. The lowest BCUT2D eigenvalue weighted by molar-refractivity contribution is -0.138. The molecule has 3 rings (SSSR count). The van der Waals surface area contributed by atoms with Gasteiger partial charge in [-0.3, -0.25) is 14.9 Å². The van der Waals surface area contributed by atoms with Crippen LogP contribution in [0.15, 0.2) is 36.4 Å². The number of alkyl halides is 3. The largest absolute Gasteiger partial charge is 0.481 e. The van der Waals surface area contributed by atoms with E-state index in [1.165, 1.54) is 29.2 Å². The number of aliphatic carboxylic acids is 1. The van der Waals surface area contributed by atoms with Gasteiger partial charge in [-0.15, -0.1) is 10.2 Å². The number of urea groups is 1. The summed E-state index contributed by atoms with van der Waals surface area (Å²) in [7, 11) is 0. The highest BCUT2D eigenvalue weighted by atomic mass is 19.4. The maximum absolute atomic E-state index is 13.2. The van der Waals surface area contributed by atoms with Gasteiger partial charge in [0.1, 0.15) is 0 Å². The van der Waals surface area contributed by atoms with E-state index < -0.39 is 29.6 Å². The summed E-state index contributed by atoms with van der Waals surface area (Å²) in [5.41, 5.74) is -1.34. The molecule has 0 saturated carbocycles. The van der Waals surface area contributed by atoms with E-state index in [0.29, 0.717) is 18.9 Å². The van der Waals surface area contributed by atoms with Crippen molar-refractivity contribution in [1.29, 1.82) is 0 Å². The van der Waals surface area contributed by atoms with Gasteiger partial charge in [0.25, 0.3) is 5.91 Å². The topological polar surface area (TPSA) is 128 Å². The highest BCUT2D eigenvalue weighted by Crippen LogP contribution is 2.32. The maximum Gasteiger partial charge on any atom is 0.417 e. The van der Waals surface area contributed by atoms with Crippen molar-refractivity contribution in [2.24, 2.45) is 0 Å². The van der Waals surface area contributed by atoms with E-state index in [1.54, 1.807) is 6.07 Å². The predicted octanol–water partition coefficient (Wildman–Crippen LogP) is 2.05. The van der Waals surface area contributed by atoms with E-state index in [2.05, 4.69) is 20.8 Å². The molecule has 1 aliphatic rings. The SMILES string of the molecule is O=C(O)CCNC(=O)Nc1ccc(N2CCN(C(=O)c3ccccc3C(F)(F)F)CC2)nn1. The summed E-state index contributed by atoms with van der Waals surface area (Å²) in [5, 5.41) is 21.3. The quantitative estimate of drug-likeness (QED) is 0.595. The van der Waals surface area contributed by atoms with E-state index in [9.17, 15) is 27.6 Å². The molecule has 1 aromatic carbocycles. The highest BCUT2D eigenvalue weighted by molar-refractivity contribution is 5.96. The van der Waals surface area contributed by atoms with Gasteiger partial charge in [-0.2, -0.15) is 13.2 Å². The molecule has 0 atom stereocenters. The second-order valence-electron chi connectivity index (χ2n) is 7.12. The standard InChI is InChI=1S/C20H21F3N6O4/c21-20(22,23)14-4-2-1-3-13(14)18(32)29-11-9-28(10-12-29)16-6-5-15(26-27-16)25-19(33)24-8-7-17(30)31/h1-6H,7-12H2,(H,30,31)(H2,24,25,26,33). The first-order valence-corrected chi connectivity index (χ1v) is 9.96. The summed E-state index contributed by atoms with van der Waals surface area (Å²) < 4.78 is 39.6. The number of piperazine rings is 1. The molecule has 2 heterocycles. The maximum atomic E-state index is 13.2. The van der Waals surface area contributed by atoms with Crippen molar-refractivity contribution >= 4 is 29.5 Å². The third-order valence-electron chi connectivity index (χ3n) is 4.87. The zero-order valence-corrected chi connectivity index (χ0v) is 17.3. The monoisotopic (exact) mass is 466 g/mol. The van der Waals surface area contributed by atoms with Crippen LogP contribution in [0.3, 0.4) is 0 Å². The van der Waals surface area contributed by atoms with Crippen molar-refractivity contribution in [1.82, 2.24) is 20.4 Å². The molecule has 10 nitrogen and oxygen atoms in total. The van der Waals surface area contributed by atoms with E-state index in [0.717, 1.165) is 6.07 Å². The van der Waals surface area contributed by atoms with Crippen LogP contribution >= 0.6 is 0 Å². The number of carbonyl (C=O) groups excluding carboxylic acids is 2. The summed E-state index contributed by atoms with van der Waals surface area (Å²) in [4.78, 5) is 38.0. The van der Waals surface area contributed by atoms with Crippen LogP contribution < -0.4 is 15.5 Å². The van der Waals surface area contributed by atoms with Crippen LogP contribution in [0.5, 0.6) is 0 Å². The third kappa shape index (κ3) is 6.30. The lowest BCUT2D eigenvalue weighted by Gasteiger charge is -2.35. The number of carboxylic acid groups (broad SMARTS) is 1. The lowest BCUT2D eigenvalue weighted by Crippen LogP contribution is -2.49. The molecule has 176 valence electrons. The van der Waals surface area contributed by atoms with Crippen LogP contribution in [0.4, 0.5) is 29.6 Å². The number of nitrogens with one attached hydrogen (secondary N) is 2. The number of rotatable bonds is 6. The van der Waals surface area contributed by atoms with Crippen LogP contribution in [0.1, 0.15) is 22.3 Å². The molecule has 33 heavy (non-hydrogen) atoms. The molecule has 1 aliphatic heterocycles. The van der Waals surface area contributed by atoms with Crippen molar-refractivity contribution in [2.45, 2.75) is 12.6 Å². The summed E-state index contributed by atoms with van der Waals surface area (Å²) in [6.45, 7) is 1.06. The van der Waals surface area contributed by atoms with Gasteiger partial charge in [-0.1, -0.05) is 12.1 Å². The number of anilines is 2. The molecule has 3 N–H and O–H groups in total. The van der Waals surface area contributed by atoms with Crippen molar-refractivity contribution < 1.29 is 32.7 Å². The molecule has 0 radical (unpaired) electrons. The first-order chi connectivity index (χ1) is 15.6. The summed E-state index contributed by atoms with van der Waals surface area (Å²) in [6.07, 6.45) is -4.83. The zero-order chi connectivity index (χ0) is 24.0. The Morgan fingerprint density at radius 3 is 2.30 bits per heavy atom. The molecule has 1 fully saturated rings. The minimum Gasteiger partial charge on any atom is -0.481 e. The molecule has 3 amide bonds. The van der Waals surface area contributed by atoms with Crippen LogP contribution in [0.25, 0.3) is 0 Å². The Kier molecular flexibility index (Phi) is 7.30. The number of halogens is 3. The number of amides is 3. The summed E-state index contributed by atoms with van der Waals surface area (Å²) in [5.74, 6) is -1.08. The second-order valence-corrected chi connectivity index (χ2v) is 7.12. The average molecular weight is 466 g/mol. The van der Waals surface area contributed by atoms with Crippen molar-refractivity contribution in [2.75, 3.05) is 42.9 Å². The number of nitrogens with zero attached hydrogens (tertiary/aromatic N) is 4. The van der Waals surface area contributed by atoms with Crippen molar-refractivity contribution in [3.63, 3.8) is 0 Å². The number of benzene rings is 1. The number of carbonyl (C=O) groups is 3. The normalized spacial score (nSPS) is 14.0. The fourth-order valence-electron chi connectivity index (χ4n) is 3.23. The van der Waals surface area contributed by atoms with Gasteiger partial charge in [0, 0.05) is 32.7 Å². The van der Waals surface area contributed by atoms with Crippen LogP contribution in [-0.2, 0) is 11.0 Å². The highest BCUT2D eigenvalue weighted by Gasteiger charge is 2.36. The first-order valence-electron chi connectivity index (χ1n) is 9.96. The Bertz CT molecular complexity index is 1010. The minimum atomic E-state index is -4.62. The van der Waals surface area contributed by atoms with Crippen LogP contribution in [-0.4, -0.2) is 70.8 Å². The smallest absolute Gasteiger partial charge is 0.417 e. The van der Waals surface area contributed by atoms with Crippen molar-refractivity contribution in [3.05, 3.63) is 47.5 Å². The van der Waals surface area contributed by atoms with Gasteiger partial charge in [0.15, 0.2) is 11.6 Å². The number of aromatic nitrogens is 2. The van der Waals surface area contributed by atoms with Crippen molar-refractivity contribution in [3.8, 4) is 0 Å². The molecule has 0 aliphatic carbocycles. The van der Waals surface area contributed by atoms with Gasteiger partial charge >= 0.3 is 18.2 Å². The van der Waals surface area contributed by atoms with Crippen LogP contribution in [0, 0.1) is 0 Å². The number of hydrogen-bond donors (Lipinski definition) is 3. The Labute approximate surface area is 186 Å². The van der Waals surface area contributed by atoms with Crippen LogP contribution in [0.2, 0.25) is 0 Å². The Hall–Kier alpha value is -3.90. The first kappa shape index (κ1) is 23.8. The minimum absolute atomic E-state index is 0.0386. The van der Waals surface area contributed by atoms with Gasteiger partial charge < -0.3 is 20.2 Å². The fourth-order valence-corrected chi connectivity index (χ4v) is 3.23. The molecule has 13 heteroatoms. The molecular weight excluding hydrogens is 445 g/mol. The Morgan fingerprint density at radius 2 is 1.70 bits per heavy atom. The Morgan fingerprint density at radius 1 is 1.00 bits per heavy atom. The van der Waals surface area contributed by atoms with E-state index >= 15 is 0 Å². The van der Waals surface area contributed by atoms with Gasteiger partial charge in [-0.05, 0) is 24.3 Å². The number of carboxylic acids is 1. The third-order valence-corrected chi connectivity index (χ3v) is 4.87. The van der Waals surface area contributed by atoms with E-state index in [-0.39, 0.29) is 37.4 Å².